The van der Waals surface area contributed by atoms with Gasteiger partial charge in [0.25, 0.3) is 11.8 Å². The standard InChI is InChI=1S/C24H19FN2O3/c1-15-6-8-16(9-7-15)21-22(26-18-10-12-20(30-2)13-11-18)24(29)27(23(21)28)19-5-3-4-17(25)14-19/h3-14,26H,1-2H3. The Kier molecular flexibility index (Phi) is 5.06. The van der Waals surface area contributed by atoms with Gasteiger partial charge in [0.05, 0.1) is 18.4 Å². The molecule has 0 saturated heterocycles. The van der Waals surface area contributed by atoms with Crippen LogP contribution in [0.25, 0.3) is 5.57 Å². The van der Waals surface area contributed by atoms with Crippen molar-refractivity contribution in [3.05, 3.63) is 95.4 Å². The van der Waals surface area contributed by atoms with Crippen molar-refractivity contribution in [1.29, 1.82) is 0 Å². The SMILES string of the molecule is COc1ccc(NC2=C(c3ccc(C)cc3)C(=O)N(c3cccc(F)c3)C2=O)cc1. The van der Waals surface area contributed by atoms with Gasteiger partial charge in [-0.05, 0) is 55.0 Å². The number of carbonyl (C=O) groups excluding carboxylic acids is 2. The van der Waals surface area contributed by atoms with Gasteiger partial charge in [0.15, 0.2) is 0 Å². The Balaban J connectivity index is 1.80. The third kappa shape index (κ3) is 3.55. The van der Waals surface area contributed by atoms with Gasteiger partial charge in [-0.2, -0.15) is 0 Å². The normalized spacial score (nSPS) is 13.8. The van der Waals surface area contributed by atoms with Crippen LogP contribution in [0.4, 0.5) is 15.8 Å². The second-order valence-electron chi connectivity index (χ2n) is 6.90. The Bertz CT molecular complexity index is 1150. The molecule has 30 heavy (non-hydrogen) atoms. The van der Waals surface area contributed by atoms with Gasteiger partial charge >= 0.3 is 0 Å². The lowest BCUT2D eigenvalue weighted by Crippen LogP contribution is -2.32. The van der Waals surface area contributed by atoms with Crippen molar-refractivity contribution >= 4 is 28.8 Å². The van der Waals surface area contributed by atoms with Gasteiger partial charge in [0.1, 0.15) is 17.3 Å². The molecule has 150 valence electrons. The number of benzene rings is 3. The van der Waals surface area contributed by atoms with Crippen LogP contribution < -0.4 is 15.0 Å². The molecule has 4 rings (SSSR count). The molecule has 0 aliphatic carbocycles. The largest absolute Gasteiger partial charge is 0.497 e. The monoisotopic (exact) mass is 402 g/mol. The Labute approximate surface area is 173 Å². The number of carbonyl (C=O) groups is 2. The summed E-state index contributed by atoms with van der Waals surface area (Å²) in [4.78, 5) is 27.5. The van der Waals surface area contributed by atoms with E-state index in [0.29, 0.717) is 17.0 Å². The van der Waals surface area contributed by atoms with Crippen LogP contribution in [-0.4, -0.2) is 18.9 Å². The number of imide groups is 1. The van der Waals surface area contributed by atoms with E-state index in [1.165, 1.54) is 24.3 Å². The highest BCUT2D eigenvalue weighted by molar-refractivity contribution is 6.46. The molecule has 1 aliphatic heterocycles. The lowest BCUT2D eigenvalue weighted by Gasteiger charge is -2.15. The number of methoxy groups -OCH3 is 1. The number of aryl methyl sites for hydroxylation is 1. The van der Waals surface area contributed by atoms with Crippen LogP contribution >= 0.6 is 0 Å². The fourth-order valence-electron chi connectivity index (χ4n) is 3.30. The number of rotatable bonds is 5. The van der Waals surface area contributed by atoms with E-state index in [0.717, 1.165) is 10.5 Å². The minimum absolute atomic E-state index is 0.137. The molecule has 0 unspecified atom stereocenters. The van der Waals surface area contributed by atoms with E-state index in [1.807, 2.05) is 19.1 Å². The Morgan fingerprint density at radius 1 is 0.900 bits per heavy atom. The second kappa shape index (κ2) is 7.83. The minimum atomic E-state index is -0.544. The molecule has 0 saturated carbocycles. The zero-order valence-electron chi connectivity index (χ0n) is 16.5. The summed E-state index contributed by atoms with van der Waals surface area (Å²) < 4.78 is 18.9. The lowest BCUT2D eigenvalue weighted by molar-refractivity contribution is -0.120. The van der Waals surface area contributed by atoms with Gasteiger partial charge in [-0.15, -0.1) is 0 Å². The van der Waals surface area contributed by atoms with Crippen molar-refractivity contribution < 1.29 is 18.7 Å². The molecule has 0 aromatic heterocycles. The number of ether oxygens (including phenoxy) is 1. The van der Waals surface area contributed by atoms with Gasteiger partial charge in [0, 0.05) is 5.69 Å². The van der Waals surface area contributed by atoms with Crippen LogP contribution in [0, 0.1) is 12.7 Å². The zero-order chi connectivity index (χ0) is 21.3. The Morgan fingerprint density at radius 2 is 1.60 bits per heavy atom. The first-order valence-corrected chi connectivity index (χ1v) is 9.34. The lowest BCUT2D eigenvalue weighted by atomic mass is 10.0. The van der Waals surface area contributed by atoms with Crippen LogP contribution in [0.15, 0.2) is 78.5 Å². The summed E-state index contributed by atoms with van der Waals surface area (Å²) in [6, 6.07) is 19.8. The van der Waals surface area contributed by atoms with E-state index in [1.54, 1.807) is 43.5 Å². The molecule has 1 N–H and O–H groups in total. The van der Waals surface area contributed by atoms with E-state index in [9.17, 15) is 14.0 Å². The maximum atomic E-state index is 13.8. The van der Waals surface area contributed by atoms with E-state index in [4.69, 9.17) is 4.74 Å². The third-order valence-electron chi connectivity index (χ3n) is 4.85. The summed E-state index contributed by atoms with van der Waals surface area (Å²) in [7, 11) is 1.57. The highest BCUT2D eigenvalue weighted by Crippen LogP contribution is 2.34. The second-order valence-corrected chi connectivity index (χ2v) is 6.90. The number of nitrogens with one attached hydrogen (secondary N) is 1. The topological polar surface area (TPSA) is 58.6 Å². The fraction of sp³-hybridized carbons (Fsp3) is 0.0833. The van der Waals surface area contributed by atoms with Crippen molar-refractivity contribution in [2.75, 3.05) is 17.3 Å². The number of nitrogens with zero attached hydrogens (tertiary/aromatic N) is 1. The molecule has 0 radical (unpaired) electrons. The molecule has 3 aromatic carbocycles. The Hall–Kier alpha value is -3.93. The van der Waals surface area contributed by atoms with E-state index in [2.05, 4.69) is 5.32 Å². The van der Waals surface area contributed by atoms with Gasteiger partial charge < -0.3 is 10.1 Å². The van der Waals surface area contributed by atoms with Crippen LogP contribution in [0.1, 0.15) is 11.1 Å². The van der Waals surface area contributed by atoms with Gasteiger partial charge in [-0.3, -0.25) is 9.59 Å². The smallest absolute Gasteiger partial charge is 0.282 e. The summed E-state index contributed by atoms with van der Waals surface area (Å²) in [5.74, 6) is -0.910. The van der Waals surface area contributed by atoms with Gasteiger partial charge in [-0.1, -0.05) is 35.9 Å². The summed E-state index contributed by atoms with van der Waals surface area (Å²) in [6.07, 6.45) is 0. The van der Waals surface area contributed by atoms with Crippen LogP contribution in [0.3, 0.4) is 0 Å². The number of hydrogen-bond acceptors (Lipinski definition) is 4. The minimum Gasteiger partial charge on any atom is -0.497 e. The Morgan fingerprint density at radius 3 is 2.23 bits per heavy atom. The zero-order valence-corrected chi connectivity index (χ0v) is 16.5. The molecule has 6 heteroatoms. The number of halogens is 1. The number of anilines is 2. The first-order valence-electron chi connectivity index (χ1n) is 9.34. The third-order valence-corrected chi connectivity index (χ3v) is 4.85. The summed E-state index contributed by atoms with van der Waals surface area (Å²) in [6.45, 7) is 1.94. The molecule has 0 bridgehead atoms. The van der Waals surface area contributed by atoms with Crippen molar-refractivity contribution in [1.82, 2.24) is 0 Å². The summed E-state index contributed by atoms with van der Waals surface area (Å²) in [5.41, 5.74) is 2.81. The molecule has 2 amide bonds. The van der Waals surface area contributed by atoms with Gasteiger partial charge in [-0.25, -0.2) is 9.29 Å². The van der Waals surface area contributed by atoms with Crippen molar-refractivity contribution in [2.24, 2.45) is 0 Å². The van der Waals surface area contributed by atoms with E-state index < -0.39 is 17.6 Å². The van der Waals surface area contributed by atoms with E-state index in [-0.39, 0.29) is 17.0 Å². The first-order chi connectivity index (χ1) is 14.5. The molecule has 3 aromatic rings. The highest BCUT2D eigenvalue weighted by Gasteiger charge is 2.40. The quantitative estimate of drug-likeness (QED) is 0.637. The molecule has 0 spiro atoms. The molecule has 0 atom stereocenters. The van der Waals surface area contributed by atoms with Crippen LogP contribution in [0.2, 0.25) is 0 Å². The van der Waals surface area contributed by atoms with Crippen molar-refractivity contribution in [3.8, 4) is 5.75 Å². The molecule has 5 nitrogen and oxygen atoms in total. The molecular weight excluding hydrogens is 383 g/mol. The molecule has 0 fully saturated rings. The van der Waals surface area contributed by atoms with Crippen LogP contribution in [0.5, 0.6) is 5.75 Å². The molecule has 1 aliphatic rings. The van der Waals surface area contributed by atoms with Crippen LogP contribution in [-0.2, 0) is 9.59 Å². The molecule has 1 heterocycles. The average Bonchev–Trinajstić information content (AvgIpc) is 2.99. The first kappa shape index (κ1) is 19.4. The maximum Gasteiger partial charge on any atom is 0.282 e. The highest BCUT2D eigenvalue weighted by atomic mass is 19.1. The fourth-order valence-corrected chi connectivity index (χ4v) is 3.30. The van der Waals surface area contributed by atoms with Gasteiger partial charge in [0.2, 0.25) is 0 Å². The number of hydrogen-bond donors (Lipinski definition) is 1. The number of amides is 2. The molecular formula is C24H19FN2O3. The summed E-state index contributed by atoms with van der Waals surface area (Å²) >= 11 is 0. The predicted molar refractivity (Wildman–Crippen MR) is 114 cm³/mol. The average molecular weight is 402 g/mol. The predicted octanol–water partition coefficient (Wildman–Crippen LogP) is 4.54. The van der Waals surface area contributed by atoms with Crippen molar-refractivity contribution in [2.45, 2.75) is 6.92 Å². The summed E-state index contributed by atoms with van der Waals surface area (Å²) in [5, 5.41) is 3.07. The maximum absolute atomic E-state index is 13.8. The van der Waals surface area contributed by atoms with Crippen molar-refractivity contribution in [3.63, 3.8) is 0 Å². The van der Waals surface area contributed by atoms with E-state index >= 15 is 0 Å².